The molecule has 2 amide bonds. The minimum Gasteiger partial charge on any atom is -0.383 e. The minimum absolute atomic E-state index is 0.0499. The van der Waals surface area contributed by atoms with E-state index in [0.29, 0.717) is 24.9 Å². The third-order valence-corrected chi connectivity index (χ3v) is 6.32. The highest BCUT2D eigenvalue weighted by atomic mass is 16.2. The quantitative estimate of drug-likeness (QED) is 0.678. The van der Waals surface area contributed by atoms with Crippen LogP contribution in [0, 0.1) is 5.92 Å². The summed E-state index contributed by atoms with van der Waals surface area (Å²) in [5, 5.41) is 3.23. The van der Waals surface area contributed by atoms with Crippen LogP contribution in [0.25, 0.3) is 0 Å². The maximum absolute atomic E-state index is 12.8. The summed E-state index contributed by atoms with van der Waals surface area (Å²) in [4.78, 5) is 36.0. The molecule has 1 saturated heterocycles. The number of carbonyl (C=O) groups is 2. The van der Waals surface area contributed by atoms with E-state index in [-0.39, 0.29) is 17.9 Å². The van der Waals surface area contributed by atoms with Gasteiger partial charge in [0.1, 0.15) is 0 Å². The Morgan fingerprint density at radius 3 is 2.77 bits per heavy atom. The summed E-state index contributed by atoms with van der Waals surface area (Å²) >= 11 is 0. The van der Waals surface area contributed by atoms with Crippen LogP contribution in [-0.4, -0.2) is 84.4 Å². The molecule has 31 heavy (non-hydrogen) atoms. The normalized spacial score (nSPS) is 25.2. The van der Waals surface area contributed by atoms with Crippen LogP contribution in [0.3, 0.4) is 0 Å². The zero-order valence-corrected chi connectivity index (χ0v) is 19.4. The van der Waals surface area contributed by atoms with Gasteiger partial charge in [-0.05, 0) is 43.9 Å². The maximum Gasteiger partial charge on any atom is 0.317 e. The summed E-state index contributed by atoms with van der Waals surface area (Å²) in [6, 6.07) is 6.26. The summed E-state index contributed by atoms with van der Waals surface area (Å²) < 4.78 is 0. The molecule has 1 N–H and O–H groups in total. The lowest BCUT2D eigenvalue weighted by atomic mass is 9.74. The number of pyridine rings is 1. The fourth-order valence-corrected chi connectivity index (χ4v) is 4.84. The first kappa shape index (κ1) is 23.3. The lowest BCUT2D eigenvalue weighted by Crippen LogP contribution is -2.58. The highest BCUT2D eigenvalue weighted by Gasteiger charge is 2.41. The Labute approximate surface area is 186 Å². The second kappa shape index (κ2) is 10.8. The van der Waals surface area contributed by atoms with Crippen LogP contribution in [-0.2, 0) is 11.2 Å². The number of urea groups is 1. The number of hydrogen-bond donors (Lipinski definition) is 1. The first-order chi connectivity index (χ1) is 14.9. The number of carbonyl (C=O) groups excluding carboxylic acids is 2. The third-order valence-electron chi connectivity index (χ3n) is 6.32. The fourth-order valence-electron chi connectivity index (χ4n) is 4.84. The van der Waals surface area contributed by atoms with Crippen LogP contribution >= 0.6 is 0 Å². The van der Waals surface area contributed by atoms with Crippen LogP contribution in [0.5, 0.6) is 0 Å². The Hall–Kier alpha value is -2.41. The van der Waals surface area contributed by atoms with Crippen molar-refractivity contribution in [3.63, 3.8) is 0 Å². The summed E-state index contributed by atoms with van der Waals surface area (Å²) in [5.41, 5.74) is 1.92. The number of Topliss-reactive ketones (excluding diaryl/α,β-unsaturated/α-hetero) is 1. The highest BCUT2D eigenvalue weighted by Crippen LogP contribution is 2.36. The molecule has 3 rings (SSSR count). The van der Waals surface area contributed by atoms with E-state index in [1.165, 1.54) is 0 Å². The van der Waals surface area contributed by atoms with Crippen molar-refractivity contribution in [2.45, 2.75) is 51.1 Å². The molecule has 7 nitrogen and oxygen atoms in total. The van der Waals surface area contributed by atoms with Crippen LogP contribution in [0.2, 0.25) is 0 Å². The first-order valence-electron chi connectivity index (χ1n) is 11.4. The maximum atomic E-state index is 12.8. The zero-order chi connectivity index (χ0) is 22.4. The van der Waals surface area contributed by atoms with Crippen molar-refractivity contribution in [2.75, 3.05) is 40.8 Å². The molecule has 1 aliphatic heterocycles. The topological polar surface area (TPSA) is 68.8 Å². The lowest BCUT2D eigenvalue weighted by Gasteiger charge is -2.47. The predicted octanol–water partition coefficient (Wildman–Crippen LogP) is 2.54. The summed E-state index contributed by atoms with van der Waals surface area (Å²) in [6.07, 6.45) is 7.81. The first-order valence-corrected chi connectivity index (χ1v) is 11.4. The number of hydrogen-bond acceptors (Lipinski definition) is 5. The summed E-state index contributed by atoms with van der Waals surface area (Å²) in [6.45, 7) is 4.65. The molecule has 2 fully saturated rings. The molecule has 3 atom stereocenters. The van der Waals surface area contributed by atoms with Crippen LogP contribution < -0.4 is 5.32 Å². The van der Waals surface area contributed by atoms with E-state index in [2.05, 4.69) is 22.1 Å². The van der Waals surface area contributed by atoms with Gasteiger partial charge in [0.2, 0.25) is 0 Å². The van der Waals surface area contributed by atoms with Crippen LogP contribution in [0.1, 0.15) is 38.3 Å². The second-order valence-electron chi connectivity index (χ2n) is 9.15. The molecular weight excluding hydrogens is 390 g/mol. The molecule has 0 unspecified atom stereocenters. The van der Waals surface area contributed by atoms with Gasteiger partial charge in [0, 0.05) is 82.8 Å². The van der Waals surface area contributed by atoms with Gasteiger partial charge in [-0.15, -0.1) is 0 Å². The van der Waals surface area contributed by atoms with Crippen molar-refractivity contribution in [2.24, 2.45) is 5.92 Å². The molecule has 170 valence electrons. The fraction of sp³-hybridized carbons (Fsp3) is 0.625. The molecule has 1 aromatic heterocycles. The van der Waals surface area contributed by atoms with Gasteiger partial charge in [0.25, 0.3) is 0 Å². The molecular formula is C24H37N5O2. The van der Waals surface area contributed by atoms with E-state index in [1.54, 1.807) is 11.1 Å². The van der Waals surface area contributed by atoms with Crippen molar-refractivity contribution in [1.29, 1.82) is 0 Å². The molecule has 2 heterocycles. The summed E-state index contributed by atoms with van der Waals surface area (Å²) in [7, 11) is 5.76. The Morgan fingerprint density at radius 1 is 1.29 bits per heavy atom. The number of rotatable bonds is 7. The number of piperidine rings is 1. The van der Waals surface area contributed by atoms with Gasteiger partial charge in [-0.2, -0.15) is 0 Å². The second-order valence-corrected chi connectivity index (χ2v) is 9.15. The van der Waals surface area contributed by atoms with Gasteiger partial charge in [-0.25, -0.2) is 4.79 Å². The largest absolute Gasteiger partial charge is 0.383 e. The average Bonchev–Trinajstić information content (AvgIpc) is 2.73. The third kappa shape index (κ3) is 6.29. The molecule has 1 aliphatic carbocycles. The van der Waals surface area contributed by atoms with Crippen LogP contribution in [0.15, 0.2) is 36.2 Å². The number of likely N-dealkylation sites (N-methyl/N-ethyl adjacent to an activating group) is 1. The van der Waals surface area contributed by atoms with Gasteiger partial charge in [-0.1, -0.05) is 13.0 Å². The van der Waals surface area contributed by atoms with Crippen molar-refractivity contribution in [1.82, 2.24) is 25.0 Å². The van der Waals surface area contributed by atoms with Gasteiger partial charge in [0.05, 0.1) is 0 Å². The predicted molar refractivity (Wildman–Crippen MR) is 123 cm³/mol. The molecule has 0 aromatic carbocycles. The van der Waals surface area contributed by atoms with Crippen molar-refractivity contribution < 1.29 is 9.59 Å². The number of ketones is 1. The molecule has 0 bridgehead atoms. The average molecular weight is 428 g/mol. The van der Waals surface area contributed by atoms with E-state index in [4.69, 9.17) is 0 Å². The van der Waals surface area contributed by atoms with Gasteiger partial charge >= 0.3 is 6.03 Å². The number of aromatic nitrogens is 1. The SMILES string of the molecule is CCCN1C[C@@H](NC(=O)N(C)CCc2ccccn2)C[C@@H]2CC(=O)/C(=C/N(C)C)C[C@H]21. The minimum atomic E-state index is -0.0499. The molecule has 1 aromatic rings. The van der Waals surface area contributed by atoms with Gasteiger partial charge < -0.3 is 15.1 Å². The number of amides is 2. The molecule has 1 saturated carbocycles. The number of likely N-dealkylation sites (tertiary alicyclic amines) is 1. The van der Waals surface area contributed by atoms with Crippen molar-refractivity contribution in [3.8, 4) is 0 Å². The monoisotopic (exact) mass is 427 g/mol. The Balaban J connectivity index is 1.59. The van der Waals surface area contributed by atoms with Crippen LogP contribution in [0.4, 0.5) is 4.79 Å². The smallest absolute Gasteiger partial charge is 0.317 e. The number of nitrogens with zero attached hydrogens (tertiary/aromatic N) is 4. The Bertz CT molecular complexity index is 779. The number of nitrogens with one attached hydrogen (secondary N) is 1. The lowest BCUT2D eigenvalue weighted by molar-refractivity contribution is -0.119. The summed E-state index contributed by atoms with van der Waals surface area (Å²) in [5.74, 6) is 0.557. The van der Waals surface area contributed by atoms with Gasteiger partial charge in [0.15, 0.2) is 5.78 Å². The molecule has 0 radical (unpaired) electrons. The van der Waals surface area contributed by atoms with Crippen molar-refractivity contribution in [3.05, 3.63) is 41.9 Å². The molecule has 2 aliphatic rings. The highest BCUT2D eigenvalue weighted by molar-refractivity contribution is 5.96. The van der Waals surface area contributed by atoms with E-state index < -0.39 is 0 Å². The zero-order valence-electron chi connectivity index (χ0n) is 19.4. The van der Waals surface area contributed by atoms with E-state index >= 15 is 0 Å². The standard InChI is InChI=1S/C24H37N5O2/c1-5-11-29-17-21(13-18-15-23(30)19(14-22(18)29)16-27(2)3)26-24(31)28(4)12-9-20-8-6-7-10-25-20/h6-8,10,16,18,21-22H,5,9,11-15,17H2,1-4H3,(H,26,31)/b19-16+/t18-,21+,22-/m1/s1. The number of fused-ring (bicyclic) bond motifs is 1. The van der Waals surface area contributed by atoms with E-state index in [0.717, 1.165) is 50.0 Å². The van der Waals surface area contributed by atoms with E-state index in [1.807, 2.05) is 50.4 Å². The van der Waals surface area contributed by atoms with E-state index in [9.17, 15) is 9.59 Å². The Kier molecular flexibility index (Phi) is 8.07. The molecule has 0 spiro atoms. The Morgan fingerprint density at radius 2 is 2.10 bits per heavy atom. The van der Waals surface area contributed by atoms with Gasteiger partial charge in [-0.3, -0.25) is 14.7 Å². The molecule has 7 heteroatoms. The van der Waals surface area contributed by atoms with Crippen molar-refractivity contribution >= 4 is 11.8 Å².